The molecule has 1 aliphatic heterocycles. The number of aryl methyl sites for hydroxylation is 2. The molecule has 1 heterocycles. The van der Waals surface area contributed by atoms with Gasteiger partial charge in [-0.25, -0.2) is 8.42 Å². The lowest BCUT2D eigenvalue weighted by Gasteiger charge is -2.31. The highest BCUT2D eigenvalue weighted by Crippen LogP contribution is 2.31. The molecule has 1 aliphatic rings. The van der Waals surface area contributed by atoms with Crippen LogP contribution in [0.25, 0.3) is 0 Å². The van der Waals surface area contributed by atoms with Crippen LogP contribution in [0.3, 0.4) is 0 Å². The summed E-state index contributed by atoms with van der Waals surface area (Å²) in [4.78, 5) is 12.8. The van der Waals surface area contributed by atoms with E-state index in [4.69, 9.17) is 23.2 Å². The first-order valence-corrected chi connectivity index (χ1v) is 11.8. The number of hydrogen-bond donors (Lipinski definition) is 1. The molecule has 0 aromatic heterocycles. The van der Waals surface area contributed by atoms with Gasteiger partial charge in [0.25, 0.3) is 0 Å². The Morgan fingerprint density at radius 2 is 1.86 bits per heavy atom. The maximum absolute atomic E-state index is 12.9. The van der Waals surface area contributed by atoms with Gasteiger partial charge >= 0.3 is 0 Å². The highest BCUT2D eigenvalue weighted by atomic mass is 35.5. The summed E-state index contributed by atoms with van der Waals surface area (Å²) in [6.07, 6.45) is 1.74. The maximum atomic E-state index is 12.9. The van der Waals surface area contributed by atoms with E-state index in [-0.39, 0.29) is 34.8 Å². The van der Waals surface area contributed by atoms with Gasteiger partial charge in [-0.05, 0) is 55.5 Å². The molecule has 2 aromatic rings. The molecule has 0 saturated carbocycles. The Kier molecular flexibility index (Phi) is 6.89. The third-order valence-corrected chi connectivity index (χ3v) is 7.94. The monoisotopic (exact) mass is 454 g/mol. The summed E-state index contributed by atoms with van der Waals surface area (Å²) in [6, 6.07) is 10.3. The Balaban J connectivity index is 1.69. The number of sulfonamides is 1. The second-order valence-electron chi connectivity index (χ2n) is 7.20. The van der Waals surface area contributed by atoms with Crippen LogP contribution in [-0.2, 0) is 21.2 Å². The number of nitrogens with one attached hydrogen (secondary N) is 1. The molecular formula is C21H24Cl2N2O3S. The van der Waals surface area contributed by atoms with Crippen molar-refractivity contribution in [2.45, 2.75) is 38.0 Å². The smallest absolute Gasteiger partial charge is 0.244 e. The number of halogens is 2. The van der Waals surface area contributed by atoms with E-state index in [1.54, 1.807) is 6.07 Å². The number of benzene rings is 2. The first-order chi connectivity index (χ1) is 13.7. The van der Waals surface area contributed by atoms with Crippen LogP contribution in [0.1, 0.15) is 30.9 Å². The Morgan fingerprint density at radius 1 is 1.17 bits per heavy atom. The van der Waals surface area contributed by atoms with Gasteiger partial charge in [0.1, 0.15) is 4.90 Å². The average Bonchev–Trinajstić information content (AvgIpc) is 2.71. The third-order valence-electron chi connectivity index (χ3n) is 5.32. The number of nitrogens with zero attached hydrogens (tertiary/aromatic N) is 1. The van der Waals surface area contributed by atoms with Crippen LogP contribution in [0.2, 0.25) is 10.0 Å². The van der Waals surface area contributed by atoms with Crippen molar-refractivity contribution in [2.75, 3.05) is 18.4 Å². The van der Waals surface area contributed by atoms with E-state index >= 15 is 0 Å². The first kappa shape index (κ1) is 22.1. The predicted octanol–water partition coefficient (Wildman–Crippen LogP) is 4.90. The summed E-state index contributed by atoms with van der Waals surface area (Å²) < 4.78 is 27.3. The summed E-state index contributed by atoms with van der Waals surface area (Å²) in [6.45, 7) is 4.54. The molecule has 0 spiro atoms. The zero-order chi connectivity index (χ0) is 21.2. The molecule has 0 atom stereocenters. The van der Waals surface area contributed by atoms with Crippen molar-refractivity contribution in [1.82, 2.24) is 4.31 Å². The molecule has 156 valence electrons. The number of piperidine rings is 1. The number of amides is 1. The third kappa shape index (κ3) is 4.77. The Bertz CT molecular complexity index is 1020. The van der Waals surface area contributed by atoms with Crippen molar-refractivity contribution in [2.24, 2.45) is 5.92 Å². The molecule has 0 aliphatic carbocycles. The number of carbonyl (C=O) groups is 1. The Morgan fingerprint density at radius 3 is 2.52 bits per heavy atom. The lowest BCUT2D eigenvalue weighted by atomic mass is 9.96. The second-order valence-corrected chi connectivity index (χ2v) is 9.95. The minimum Gasteiger partial charge on any atom is -0.325 e. The van der Waals surface area contributed by atoms with Crippen molar-refractivity contribution >= 4 is 44.8 Å². The summed E-state index contributed by atoms with van der Waals surface area (Å²) in [5.41, 5.74) is 2.98. The number of anilines is 1. The molecule has 2 aromatic carbocycles. The second kappa shape index (κ2) is 9.04. The molecule has 0 radical (unpaired) electrons. The van der Waals surface area contributed by atoms with Gasteiger partial charge in [-0.1, -0.05) is 48.3 Å². The molecule has 5 nitrogen and oxygen atoms in total. The number of rotatable bonds is 5. The highest BCUT2D eigenvalue weighted by molar-refractivity contribution is 7.89. The van der Waals surface area contributed by atoms with Gasteiger partial charge in [0.05, 0.1) is 5.02 Å². The van der Waals surface area contributed by atoms with Gasteiger partial charge in [-0.15, -0.1) is 0 Å². The van der Waals surface area contributed by atoms with Gasteiger partial charge in [-0.2, -0.15) is 4.31 Å². The zero-order valence-electron chi connectivity index (χ0n) is 16.4. The minimum atomic E-state index is -3.76. The van der Waals surface area contributed by atoms with Gasteiger partial charge in [-0.3, -0.25) is 4.79 Å². The number of hydrogen-bond acceptors (Lipinski definition) is 3. The lowest BCUT2D eigenvalue weighted by molar-refractivity contribution is -0.120. The fourth-order valence-corrected chi connectivity index (χ4v) is 5.81. The largest absolute Gasteiger partial charge is 0.325 e. The van der Waals surface area contributed by atoms with Crippen LogP contribution in [0, 0.1) is 12.8 Å². The fourth-order valence-electron chi connectivity index (χ4n) is 3.60. The molecule has 1 saturated heterocycles. The van der Waals surface area contributed by atoms with Crippen LogP contribution < -0.4 is 5.32 Å². The van der Waals surface area contributed by atoms with Gasteiger partial charge < -0.3 is 5.32 Å². The van der Waals surface area contributed by atoms with E-state index in [2.05, 4.69) is 12.2 Å². The molecule has 1 N–H and O–H groups in total. The highest BCUT2D eigenvalue weighted by Gasteiger charge is 2.33. The predicted molar refractivity (Wildman–Crippen MR) is 117 cm³/mol. The van der Waals surface area contributed by atoms with E-state index in [0.29, 0.717) is 17.9 Å². The molecule has 8 heteroatoms. The number of para-hydroxylation sites is 1. The van der Waals surface area contributed by atoms with Crippen LogP contribution in [0.4, 0.5) is 5.69 Å². The van der Waals surface area contributed by atoms with Crippen LogP contribution in [0.15, 0.2) is 41.3 Å². The molecular weight excluding hydrogens is 431 g/mol. The quantitative estimate of drug-likeness (QED) is 0.697. The first-order valence-electron chi connectivity index (χ1n) is 9.58. The topological polar surface area (TPSA) is 66.5 Å². The van der Waals surface area contributed by atoms with E-state index in [1.807, 2.05) is 25.1 Å². The fraction of sp³-hybridized carbons (Fsp3) is 0.381. The van der Waals surface area contributed by atoms with Crippen molar-refractivity contribution in [3.63, 3.8) is 0 Å². The summed E-state index contributed by atoms with van der Waals surface area (Å²) in [7, 11) is -3.76. The SMILES string of the molecule is CCc1cccc(C)c1NC(=O)C1CCN(S(=O)(=O)c2cc(Cl)ccc2Cl)CC1. The van der Waals surface area contributed by atoms with Crippen molar-refractivity contribution in [3.05, 3.63) is 57.6 Å². The Labute approximate surface area is 182 Å². The van der Waals surface area contributed by atoms with Crippen molar-refractivity contribution < 1.29 is 13.2 Å². The van der Waals surface area contributed by atoms with Crippen LogP contribution in [-0.4, -0.2) is 31.7 Å². The minimum absolute atomic E-state index is 0.00191. The van der Waals surface area contributed by atoms with Gasteiger partial charge in [0.15, 0.2) is 0 Å². The Hall–Kier alpha value is -1.60. The zero-order valence-corrected chi connectivity index (χ0v) is 18.7. The molecule has 1 amide bonds. The molecule has 0 unspecified atom stereocenters. The van der Waals surface area contributed by atoms with E-state index in [1.165, 1.54) is 16.4 Å². The standard InChI is InChI=1S/C21H24Cl2N2O3S/c1-3-15-6-4-5-14(2)20(15)24-21(26)16-9-11-25(12-10-16)29(27,28)19-13-17(22)7-8-18(19)23/h4-8,13,16H,3,9-12H2,1-2H3,(H,24,26). The van der Waals surface area contributed by atoms with E-state index in [0.717, 1.165) is 23.2 Å². The van der Waals surface area contributed by atoms with Gasteiger partial charge in [0.2, 0.25) is 15.9 Å². The summed E-state index contributed by atoms with van der Waals surface area (Å²) in [5.74, 6) is -0.299. The molecule has 29 heavy (non-hydrogen) atoms. The molecule has 1 fully saturated rings. The summed E-state index contributed by atoms with van der Waals surface area (Å²) >= 11 is 12.0. The maximum Gasteiger partial charge on any atom is 0.244 e. The average molecular weight is 455 g/mol. The number of carbonyl (C=O) groups excluding carboxylic acids is 1. The normalized spacial score (nSPS) is 16.0. The summed E-state index contributed by atoms with van der Waals surface area (Å²) in [5, 5.41) is 3.51. The van der Waals surface area contributed by atoms with Crippen molar-refractivity contribution in [1.29, 1.82) is 0 Å². The molecule has 3 rings (SSSR count). The van der Waals surface area contributed by atoms with Gasteiger partial charge in [0, 0.05) is 29.7 Å². The van der Waals surface area contributed by atoms with E-state index < -0.39 is 10.0 Å². The lowest BCUT2D eigenvalue weighted by Crippen LogP contribution is -2.41. The van der Waals surface area contributed by atoms with E-state index in [9.17, 15) is 13.2 Å². The van der Waals surface area contributed by atoms with Crippen LogP contribution in [0.5, 0.6) is 0 Å². The van der Waals surface area contributed by atoms with Crippen LogP contribution >= 0.6 is 23.2 Å². The van der Waals surface area contributed by atoms with Crippen molar-refractivity contribution in [3.8, 4) is 0 Å². The molecule has 0 bridgehead atoms.